The molecule has 1 aromatic heterocycles. The second-order valence-corrected chi connectivity index (χ2v) is 5.34. The molecule has 20 heavy (non-hydrogen) atoms. The second kappa shape index (κ2) is 5.58. The third kappa shape index (κ3) is 2.51. The van der Waals surface area contributed by atoms with E-state index in [-0.39, 0.29) is 0 Å². The van der Waals surface area contributed by atoms with Crippen LogP contribution in [0.25, 0.3) is 5.69 Å². The molecule has 1 saturated heterocycles. The van der Waals surface area contributed by atoms with Crippen LogP contribution in [-0.2, 0) is 0 Å². The van der Waals surface area contributed by atoms with Crippen LogP contribution in [0.4, 0.5) is 5.95 Å². The van der Waals surface area contributed by atoms with Gasteiger partial charge in [0.1, 0.15) is 0 Å². The van der Waals surface area contributed by atoms with E-state index in [1.54, 1.807) is 0 Å². The SMILES string of the molecule is CC(C)N1CCN(c2nnnn2-c2ccccc2)CC1. The van der Waals surface area contributed by atoms with Crippen LogP contribution in [0.5, 0.6) is 0 Å². The van der Waals surface area contributed by atoms with Gasteiger partial charge in [0.25, 0.3) is 0 Å². The van der Waals surface area contributed by atoms with Crippen LogP contribution in [-0.4, -0.2) is 57.3 Å². The third-order valence-electron chi connectivity index (χ3n) is 3.78. The minimum Gasteiger partial charge on any atom is -0.337 e. The number of benzene rings is 1. The van der Waals surface area contributed by atoms with E-state index >= 15 is 0 Å². The number of hydrogen-bond acceptors (Lipinski definition) is 5. The Morgan fingerprint density at radius 2 is 1.70 bits per heavy atom. The molecule has 0 bridgehead atoms. The van der Waals surface area contributed by atoms with Crippen LogP contribution in [0, 0.1) is 0 Å². The molecule has 2 heterocycles. The van der Waals surface area contributed by atoms with Crippen LogP contribution in [0.1, 0.15) is 13.8 Å². The Hall–Kier alpha value is -1.95. The van der Waals surface area contributed by atoms with Gasteiger partial charge in [0.15, 0.2) is 0 Å². The highest BCUT2D eigenvalue weighted by Crippen LogP contribution is 2.17. The van der Waals surface area contributed by atoms with Crippen molar-refractivity contribution in [1.82, 2.24) is 25.1 Å². The molecule has 3 rings (SSSR count). The average Bonchev–Trinajstić information content (AvgIpc) is 2.97. The molecule has 0 spiro atoms. The predicted molar refractivity (Wildman–Crippen MR) is 78.1 cm³/mol. The normalized spacial score (nSPS) is 16.9. The van der Waals surface area contributed by atoms with Crippen LogP contribution in [0.15, 0.2) is 30.3 Å². The maximum absolute atomic E-state index is 4.20. The highest BCUT2D eigenvalue weighted by atomic mass is 15.6. The fourth-order valence-corrected chi connectivity index (χ4v) is 2.55. The van der Waals surface area contributed by atoms with E-state index in [9.17, 15) is 0 Å². The number of nitrogens with zero attached hydrogens (tertiary/aromatic N) is 6. The standard InChI is InChI=1S/C14H20N6/c1-12(2)18-8-10-19(11-9-18)14-15-16-17-20(14)13-6-4-3-5-7-13/h3-7,12H,8-11H2,1-2H3. The summed E-state index contributed by atoms with van der Waals surface area (Å²) in [7, 11) is 0. The summed E-state index contributed by atoms with van der Waals surface area (Å²) in [5, 5.41) is 12.1. The van der Waals surface area contributed by atoms with Crippen molar-refractivity contribution in [2.45, 2.75) is 19.9 Å². The van der Waals surface area contributed by atoms with Gasteiger partial charge in [0.05, 0.1) is 5.69 Å². The van der Waals surface area contributed by atoms with Gasteiger partial charge in [-0.1, -0.05) is 23.3 Å². The van der Waals surface area contributed by atoms with E-state index in [0.29, 0.717) is 6.04 Å². The van der Waals surface area contributed by atoms with Gasteiger partial charge < -0.3 is 4.90 Å². The van der Waals surface area contributed by atoms with Crippen molar-refractivity contribution in [3.05, 3.63) is 30.3 Å². The molecular weight excluding hydrogens is 252 g/mol. The fourth-order valence-electron chi connectivity index (χ4n) is 2.55. The average molecular weight is 272 g/mol. The maximum atomic E-state index is 4.20. The zero-order valence-corrected chi connectivity index (χ0v) is 12.0. The van der Waals surface area contributed by atoms with Crippen molar-refractivity contribution in [1.29, 1.82) is 0 Å². The van der Waals surface area contributed by atoms with Gasteiger partial charge >= 0.3 is 0 Å². The molecule has 6 nitrogen and oxygen atoms in total. The van der Waals surface area contributed by atoms with Crippen molar-refractivity contribution >= 4 is 5.95 Å². The van der Waals surface area contributed by atoms with Gasteiger partial charge in [0.2, 0.25) is 5.95 Å². The lowest BCUT2D eigenvalue weighted by atomic mass is 10.2. The van der Waals surface area contributed by atoms with Crippen molar-refractivity contribution in [3.8, 4) is 5.69 Å². The van der Waals surface area contributed by atoms with Gasteiger partial charge in [-0.05, 0) is 36.4 Å². The van der Waals surface area contributed by atoms with E-state index in [0.717, 1.165) is 37.8 Å². The van der Waals surface area contributed by atoms with E-state index in [2.05, 4.69) is 39.2 Å². The zero-order valence-electron chi connectivity index (χ0n) is 12.0. The maximum Gasteiger partial charge on any atom is 0.250 e. The van der Waals surface area contributed by atoms with Crippen molar-refractivity contribution < 1.29 is 0 Å². The molecule has 2 aromatic rings. The Morgan fingerprint density at radius 3 is 2.35 bits per heavy atom. The summed E-state index contributed by atoms with van der Waals surface area (Å²) in [5.41, 5.74) is 0.999. The van der Waals surface area contributed by atoms with Crippen LogP contribution in [0.2, 0.25) is 0 Å². The highest BCUT2D eigenvalue weighted by molar-refractivity contribution is 5.40. The lowest BCUT2D eigenvalue weighted by Gasteiger charge is -2.36. The van der Waals surface area contributed by atoms with E-state index < -0.39 is 0 Å². The first kappa shape index (κ1) is 13.1. The predicted octanol–water partition coefficient (Wildman–Crippen LogP) is 1.19. The first-order valence-electron chi connectivity index (χ1n) is 7.08. The monoisotopic (exact) mass is 272 g/mol. The lowest BCUT2D eigenvalue weighted by molar-refractivity contribution is 0.208. The number of tetrazole rings is 1. The fraction of sp³-hybridized carbons (Fsp3) is 0.500. The number of piperazine rings is 1. The Kier molecular flexibility index (Phi) is 3.64. The third-order valence-corrected chi connectivity index (χ3v) is 3.78. The quantitative estimate of drug-likeness (QED) is 0.840. The van der Waals surface area contributed by atoms with Gasteiger partial charge in [0, 0.05) is 32.2 Å². The summed E-state index contributed by atoms with van der Waals surface area (Å²) in [6, 6.07) is 10.6. The van der Waals surface area contributed by atoms with Crippen LogP contribution < -0.4 is 4.90 Å². The minimum absolute atomic E-state index is 0.599. The molecule has 1 aromatic carbocycles. The summed E-state index contributed by atoms with van der Waals surface area (Å²) >= 11 is 0. The first-order valence-corrected chi connectivity index (χ1v) is 7.08. The number of hydrogen-bond donors (Lipinski definition) is 0. The largest absolute Gasteiger partial charge is 0.337 e. The number of aromatic nitrogens is 4. The second-order valence-electron chi connectivity index (χ2n) is 5.34. The molecule has 0 radical (unpaired) electrons. The summed E-state index contributed by atoms with van der Waals surface area (Å²) in [6.07, 6.45) is 0. The zero-order chi connectivity index (χ0) is 13.9. The molecule has 1 aliphatic rings. The van der Waals surface area contributed by atoms with Gasteiger partial charge in [-0.15, -0.1) is 0 Å². The summed E-state index contributed by atoms with van der Waals surface area (Å²) in [5.74, 6) is 0.833. The topological polar surface area (TPSA) is 50.1 Å². The molecule has 0 N–H and O–H groups in total. The van der Waals surface area contributed by atoms with Gasteiger partial charge in [-0.2, -0.15) is 4.68 Å². The van der Waals surface area contributed by atoms with Gasteiger partial charge in [-0.3, -0.25) is 4.90 Å². The Bertz CT molecular complexity index is 542. The van der Waals surface area contributed by atoms with Crippen molar-refractivity contribution in [2.24, 2.45) is 0 Å². The summed E-state index contributed by atoms with van der Waals surface area (Å²) in [6.45, 7) is 8.52. The molecule has 6 heteroatoms. The summed E-state index contributed by atoms with van der Waals surface area (Å²) < 4.78 is 1.81. The van der Waals surface area contributed by atoms with Crippen molar-refractivity contribution in [3.63, 3.8) is 0 Å². The molecule has 0 amide bonds. The van der Waals surface area contributed by atoms with Crippen molar-refractivity contribution in [2.75, 3.05) is 31.1 Å². The molecule has 0 atom stereocenters. The summed E-state index contributed by atoms with van der Waals surface area (Å²) in [4.78, 5) is 4.74. The Labute approximate surface area is 119 Å². The van der Waals surface area contributed by atoms with Crippen LogP contribution in [0.3, 0.4) is 0 Å². The molecule has 1 aliphatic heterocycles. The number of para-hydroxylation sites is 1. The van der Waals surface area contributed by atoms with E-state index in [4.69, 9.17) is 0 Å². The van der Waals surface area contributed by atoms with Gasteiger partial charge in [-0.25, -0.2) is 0 Å². The van der Waals surface area contributed by atoms with E-state index in [1.165, 1.54) is 0 Å². The smallest absolute Gasteiger partial charge is 0.250 e. The Balaban J connectivity index is 1.78. The molecule has 106 valence electrons. The lowest BCUT2D eigenvalue weighted by Crippen LogP contribution is -2.49. The minimum atomic E-state index is 0.599. The molecule has 0 saturated carbocycles. The van der Waals surface area contributed by atoms with E-state index in [1.807, 2.05) is 35.0 Å². The first-order chi connectivity index (χ1) is 9.75. The Morgan fingerprint density at radius 1 is 1.00 bits per heavy atom. The number of rotatable bonds is 3. The molecule has 0 aliphatic carbocycles. The highest BCUT2D eigenvalue weighted by Gasteiger charge is 2.23. The molecule has 0 unspecified atom stereocenters. The number of anilines is 1. The molecular formula is C14H20N6. The van der Waals surface area contributed by atoms with Crippen LogP contribution >= 0.6 is 0 Å². The molecule has 1 fully saturated rings.